The first-order valence-electron chi connectivity index (χ1n) is 13.4. The summed E-state index contributed by atoms with van der Waals surface area (Å²) in [5.74, 6) is 0.571. The molecule has 0 unspecified atom stereocenters. The van der Waals surface area contributed by atoms with E-state index in [9.17, 15) is 9.59 Å². The van der Waals surface area contributed by atoms with Gasteiger partial charge in [-0.05, 0) is 55.7 Å². The molecule has 0 N–H and O–H groups in total. The van der Waals surface area contributed by atoms with E-state index in [-0.39, 0.29) is 29.8 Å². The van der Waals surface area contributed by atoms with Gasteiger partial charge in [0.05, 0.1) is 12.6 Å². The Morgan fingerprint density at radius 2 is 1.86 bits per heavy atom. The number of thiophene rings is 1. The van der Waals surface area contributed by atoms with E-state index < -0.39 is 0 Å². The van der Waals surface area contributed by atoms with E-state index in [1.807, 2.05) is 21.1 Å². The average Bonchev–Trinajstić information content (AvgIpc) is 3.34. The van der Waals surface area contributed by atoms with E-state index in [1.165, 1.54) is 21.6 Å². The number of piperazine rings is 1. The van der Waals surface area contributed by atoms with Crippen molar-refractivity contribution in [3.63, 3.8) is 0 Å². The van der Waals surface area contributed by atoms with Crippen LogP contribution >= 0.6 is 11.3 Å². The fourth-order valence-electron chi connectivity index (χ4n) is 5.65. The predicted molar refractivity (Wildman–Crippen MR) is 144 cm³/mol. The molecule has 2 amide bonds. The molecule has 5 nitrogen and oxygen atoms in total. The zero-order chi connectivity index (χ0) is 24.9. The van der Waals surface area contributed by atoms with Crippen LogP contribution in [0.2, 0.25) is 0 Å². The zero-order valence-corrected chi connectivity index (χ0v) is 22.7. The summed E-state index contributed by atoms with van der Waals surface area (Å²) >= 11 is 1.83. The van der Waals surface area contributed by atoms with Crippen LogP contribution in [0.5, 0.6) is 0 Å². The maximum Gasteiger partial charge on any atom is 0.236 e. The molecule has 3 atom stereocenters. The molecule has 1 fully saturated rings. The van der Waals surface area contributed by atoms with Gasteiger partial charge >= 0.3 is 0 Å². The molecule has 0 saturated carbocycles. The number of hydrogen-bond acceptors (Lipinski definition) is 4. The highest BCUT2D eigenvalue weighted by Gasteiger charge is 2.35. The Morgan fingerprint density at radius 1 is 1.09 bits per heavy atom. The van der Waals surface area contributed by atoms with Crippen LogP contribution in [0.4, 0.5) is 0 Å². The minimum absolute atomic E-state index is 0.0635. The summed E-state index contributed by atoms with van der Waals surface area (Å²) in [6.45, 7) is 11.7. The van der Waals surface area contributed by atoms with Gasteiger partial charge in [0.15, 0.2) is 0 Å². The largest absolute Gasteiger partial charge is 0.338 e. The summed E-state index contributed by atoms with van der Waals surface area (Å²) in [6, 6.07) is 11.2. The molecule has 2 aromatic rings. The van der Waals surface area contributed by atoms with Gasteiger partial charge in [0.25, 0.3) is 0 Å². The van der Waals surface area contributed by atoms with Crippen molar-refractivity contribution in [1.29, 1.82) is 0 Å². The van der Waals surface area contributed by atoms with E-state index >= 15 is 0 Å². The van der Waals surface area contributed by atoms with Gasteiger partial charge < -0.3 is 9.80 Å². The molecule has 1 saturated heterocycles. The van der Waals surface area contributed by atoms with Gasteiger partial charge in [-0.15, -0.1) is 11.3 Å². The first-order chi connectivity index (χ1) is 16.9. The van der Waals surface area contributed by atoms with Gasteiger partial charge in [0.2, 0.25) is 11.8 Å². The fraction of sp³-hybridized carbons (Fsp3) is 0.586. The van der Waals surface area contributed by atoms with Crippen molar-refractivity contribution in [2.24, 2.45) is 5.92 Å². The number of hydrogen-bond donors (Lipinski definition) is 0. The number of carbonyl (C=O) groups is 2. The lowest BCUT2D eigenvalue weighted by Gasteiger charge is -2.42. The number of aryl methyl sites for hydroxylation is 1. The molecule has 0 aliphatic carbocycles. The molecular formula is C29H41N3O2S. The second-order valence-electron chi connectivity index (χ2n) is 10.3. The number of unbranched alkanes of at least 4 members (excludes halogenated alkanes) is 1. The molecule has 190 valence electrons. The van der Waals surface area contributed by atoms with Gasteiger partial charge in [-0.2, -0.15) is 0 Å². The number of rotatable bonds is 8. The van der Waals surface area contributed by atoms with Crippen LogP contribution in [0, 0.1) is 12.8 Å². The highest BCUT2D eigenvalue weighted by molar-refractivity contribution is 7.10. The third-order valence-electron chi connectivity index (χ3n) is 7.81. The monoisotopic (exact) mass is 495 g/mol. The number of carbonyl (C=O) groups excluding carboxylic acids is 2. The van der Waals surface area contributed by atoms with Crippen LogP contribution in [0.15, 0.2) is 35.7 Å². The van der Waals surface area contributed by atoms with E-state index in [4.69, 9.17) is 0 Å². The third kappa shape index (κ3) is 5.80. The Kier molecular flexibility index (Phi) is 8.66. The molecule has 3 heterocycles. The Bertz CT molecular complexity index is 1000. The SMILES string of the molecule is CCCC[C@H](CC)C(=O)N1CCN(C(=O)CN2CCc3sccc3[C@@H]2c2ccc(C)cc2)C[C@@H]1C. The Labute approximate surface area is 215 Å². The number of nitrogens with zero attached hydrogens (tertiary/aromatic N) is 3. The summed E-state index contributed by atoms with van der Waals surface area (Å²) in [7, 11) is 0. The van der Waals surface area contributed by atoms with Gasteiger partial charge in [0, 0.05) is 43.0 Å². The van der Waals surface area contributed by atoms with Crippen LogP contribution in [0.25, 0.3) is 0 Å². The first-order valence-corrected chi connectivity index (χ1v) is 14.3. The Hall–Kier alpha value is -2.18. The summed E-state index contributed by atoms with van der Waals surface area (Å²) in [4.78, 5) is 34.5. The topological polar surface area (TPSA) is 43.9 Å². The van der Waals surface area contributed by atoms with Crippen LogP contribution in [0.1, 0.15) is 74.1 Å². The van der Waals surface area contributed by atoms with Crippen LogP contribution in [-0.4, -0.2) is 65.3 Å². The molecule has 0 radical (unpaired) electrons. The third-order valence-corrected chi connectivity index (χ3v) is 8.81. The van der Waals surface area contributed by atoms with Crippen molar-refractivity contribution in [1.82, 2.24) is 14.7 Å². The quantitative estimate of drug-likeness (QED) is 0.500. The van der Waals surface area contributed by atoms with Crippen molar-refractivity contribution in [2.45, 2.75) is 71.9 Å². The Morgan fingerprint density at radius 3 is 2.54 bits per heavy atom. The van der Waals surface area contributed by atoms with Crippen molar-refractivity contribution in [3.05, 3.63) is 57.3 Å². The molecule has 2 aliphatic rings. The lowest BCUT2D eigenvalue weighted by atomic mass is 9.92. The standard InChI is InChI=1S/C29H41N3O2S/c1-5-7-8-23(6-2)29(34)32-17-16-30(19-22(32)4)27(33)20-31-15-13-26-25(14-18-35-26)28(31)24-11-9-21(3)10-12-24/h9-12,14,18,22-23,28H,5-8,13,15-17,19-20H2,1-4H3/t22-,23-,28-/m0/s1. The van der Waals surface area contributed by atoms with Gasteiger partial charge in [0.1, 0.15) is 0 Å². The second kappa shape index (κ2) is 11.7. The molecule has 1 aromatic heterocycles. The maximum atomic E-state index is 13.5. The smallest absolute Gasteiger partial charge is 0.236 e. The molecule has 0 spiro atoms. The molecule has 0 bridgehead atoms. The molecule has 1 aromatic carbocycles. The molecule has 35 heavy (non-hydrogen) atoms. The first kappa shape index (κ1) is 25.9. The van der Waals surface area contributed by atoms with Crippen molar-refractivity contribution in [2.75, 3.05) is 32.7 Å². The maximum absolute atomic E-state index is 13.5. The lowest BCUT2D eigenvalue weighted by molar-refractivity contribution is -0.146. The number of benzene rings is 1. The highest BCUT2D eigenvalue weighted by atomic mass is 32.1. The van der Waals surface area contributed by atoms with E-state index in [2.05, 4.69) is 68.3 Å². The zero-order valence-electron chi connectivity index (χ0n) is 21.8. The van der Waals surface area contributed by atoms with Gasteiger partial charge in [-0.25, -0.2) is 0 Å². The fourth-order valence-corrected chi connectivity index (χ4v) is 6.55. The molecule has 2 aliphatic heterocycles. The van der Waals surface area contributed by atoms with Crippen LogP contribution in [0.3, 0.4) is 0 Å². The number of fused-ring (bicyclic) bond motifs is 1. The van der Waals surface area contributed by atoms with Crippen molar-refractivity contribution in [3.8, 4) is 0 Å². The van der Waals surface area contributed by atoms with E-state index in [0.29, 0.717) is 26.2 Å². The highest BCUT2D eigenvalue weighted by Crippen LogP contribution is 2.37. The van der Waals surface area contributed by atoms with Crippen LogP contribution in [-0.2, 0) is 16.0 Å². The van der Waals surface area contributed by atoms with Crippen molar-refractivity contribution >= 4 is 23.2 Å². The molecule has 6 heteroatoms. The molecular weight excluding hydrogens is 454 g/mol. The van der Waals surface area contributed by atoms with E-state index in [1.54, 1.807) is 0 Å². The molecule has 4 rings (SSSR count). The summed E-state index contributed by atoms with van der Waals surface area (Å²) < 4.78 is 0. The number of amides is 2. The van der Waals surface area contributed by atoms with Crippen molar-refractivity contribution < 1.29 is 9.59 Å². The second-order valence-corrected chi connectivity index (χ2v) is 11.3. The summed E-state index contributed by atoms with van der Waals surface area (Å²) in [5, 5.41) is 2.18. The van der Waals surface area contributed by atoms with Gasteiger partial charge in [-0.1, -0.05) is 56.5 Å². The minimum Gasteiger partial charge on any atom is -0.338 e. The van der Waals surface area contributed by atoms with Crippen LogP contribution < -0.4 is 0 Å². The van der Waals surface area contributed by atoms with E-state index in [0.717, 1.165) is 38.6 Å². The lowest BCUT2D eigenvalue weighted by Crippen LogP contribution is -2.58. The summed E-state index contributed by atoms with van der Waals surface area (Å²) in [5.41, 5.74) is 3.85. The normalized spacial score (nSPS) is 21.6. The van der Waals surface area contributed by atoms with Gasteiger partial charge in [-0.3, -0.25) is 14.5 Å². The summed E-state index contributed by atoms with van der Waals surface area (Å²) in [6.07, 6.45) is 5.08. The average molecular weight is 496 g/mol. The Balaban J connectivity index is 1.42. The minimum atomic E-state index is 0.0635. The predicted octanol–water partition coefficient (Wildman–Crippen LogP) is 5.28.